The maximum absolute atomic E-state index is 11.7. The van der Waals surface area contributed by atoms with Crippen LogP contribution in [0.4, 0.5) is 0 Å². The predicted octanol–water partition coefficient (Wildman–Crippen LogP) is 2.08. The zero-order chi connectivity index (χ0) is 15.3. The lowest BCUT2D eigenvalue weighted by Crippen LogP contribution is -2.47. The molecule has 1 amide bonds. The summed E-state index contributed by atoms with van der Waals surface area (Å²) in [5.41, 5.74) is 0.117. The number of amides is 1. The van der Waals surface area contributed by atoms with Crippen molar-refractivity contribution in [3.63, 3.8) is 0 Å². The van der Waals surface area contributed by atoms with Crippen LogP contribution in [-0.2, 0) is 9.59 Å². The van der Waals surface area contributed by atoms with Gasteiger partial charge in [-0.25, -0.2) is 0 Å². The minimum atomic E-state index is -0.826. The molecule has 5 nitrogen and oxygen atoms in total. The van der Waals surface area contributed by atoms with E-state index in [0.29, 0.717) is 12.8 Å². The third-order valence-electron chi connectivity index (χ3n) is 3.91. The number of hydrogen-bond donors (Lipinski definition) is 2. The summed E-state index contributed by atoms with van der Waals surface area (Å²) in [6.07, 6.45) is 5.26. The van der Waals surface area contributed by atoms with E-state index in [-0.39, 0.29) is 12.5 Å². The van der Waals surface area contributed by atoms with Gasteiger partial charge in [-0.2, -0.15) is 0 Å². The molecule has 0 heterocycles. The molecule has 0 unspecified atom stereocenters. The lowest BCUT2D eigenvalue weighted by atomic mass is 9.69. The Bertz CT molecular complexity index is 544. The third kappa shape index (κ3) is 3.62. The van der Waals surface area contributed by atoms with Crippen molar-refractivity contribution in [2.75, 3.05) is 13.7 Å². The quantitative estimate of drug-likeness (QED) is 0.786. The molecular weight excluding hydrogens is 270 g/mol. The summed E-state index contributed by atoms with van der Waals surface area (Å²) in [5.74, 6) is -0.350. The average Bonchev–Trinajstić information content (AvgIpc) is 2.44. The van der Waals surface area contributed by atoms with Gasteiger partial charge in [0.05, 0.1) is 12.5 Å². The van der Waals surface area contributed by atoms with E-state index in [4.69, 9.17) is 4.74 Å². The number of carboxylic acids is 1. The monoisotopic (exact) mass is 289 g/mol. The van der Waals surface area contributed by atoms with Gasteiger partial charge in [0.15, 0.2) is 0 Å². The van der Waals surface area contributed by atoms with E-state index in [1.807, 2.05) is 24.3 Å². The molecule has 1 fully saturated rings. The van der Waals surface area contributed by atoms with E-state index in [2.05, 4.69) is 5.32 Å². The zero-order valence-corrected chi connectivity index (χ0v) is 12.0. The van der Waals surface area contributed by atoms with Crippen molar-refractivity contribution in [1.29, 1.82) is 0 Å². The number of carboxylic acid groups (broad SMARTS) is 1. The lowest BCUT2D eigenvalue weighted by molar-refractivity contribution is -0.154. The normalized spacial score (nSPS) is 16.2. The minimum Gasteiger partial charge on any atom is -0.497 e. The van der Waals surface area contributed by atoms with Gasteiger partial charge >= 0.3 is 5.97 Å². The first-order valence-corrected chi connectivity index (χ1v) is 6.89. The number of nitrogens with one attached hydrogen (secondary N) is 1. The number of rotatable bonds is 6. The summed E-state index contributed by atoms with van der Waals surface area (Å²) in [7, 11) is 1.59. The first kappa shape index (κ1) is 15.1. The molecular formula is C16H19NO4. The average molecular weight is 289 g/mol. The van der Waals surface area contributed by atoms with Gasteiger partial charge in [-0.15, -0.1) is 0 Å². The Kier molecular flexibility index (Phi) is 4.62. The molecule has 1 aliphatic rings. The molecule has 0 aromatic heterocycles. The minimum absolute atomic E-state index is 0.189. The Morgan fingerprint density at radius 2 is 2.00 bits per heavy atom. The molecule has 5 heteroatoms. The first-order valence-electron chi connectivity index (χ1n) is 6.89. The van der Waals surface area contributed by atoms with Crippen LogP contribution in [0.1, 0.15) is 24.8 Å². The van der Waals surface area contributed by atoms with Gasteiger partial charge in [0.25, 0.3) is 0 Å². The van der Waals surface area contributed by atoms with Crippen LogP contribution < -0.4 is 10.1 Å². The van der Waals surface area contributed by atoms with Crippen LogP contribution >= 0.6 is 0 Å². The summed E-state index contributed by atoms with van der Waals surface area (Å²) >= 11 is 0. The Hall–Kier alpha value is -2.30. The summed E-state index contributed by atoms with van der Waals surface area (Å²) in [6.45, 7) is 0.189. The van der Waals surface area contributed by atoms with Crippen LogP contribution in [0, 0.1) is 5.41 Å². The molecule has 1 aromatic rings. The zero-order valence-electron chi connectivity index (χ0n) is 12.0. The molecule has 0 atom stereocenters. The van der Waals surface area contributed by atoms with Crippen LogP contribution in [0.5, 0.6) is 5.75 Å². The van der Waals surface area contributed by atoms with Crippen molar-refractivity contribution in [3.8, 4) is 5.75 Å². The number of carbonyl (C=O) groups is 2. The maximum Gasteiger partial charge on any atom is 0.311 e. The highest BCUT2D eigenvalue weighted by atomic mass is 16.5. The van der Waals surface area contributed by atoms with Gasteiger partial charge < -0.3 is 15.2 Å². The summed E-state index contributed by atoms with van der Waals surface area (Å²) < 4.78 is 5.05. The number of carbonyl (C=O) groups excluding carboxylic acids is 1. The van der Waals surface area contributed by atoms with Gasteiger partial charge in [0.2, 0.25) is 5.91 Å². The molecule has 1 aromatic carbocycles. The number of aliphatic carboxylic acids is 1. The molecule has 1 saturated carbocycles. The number of benzene rings is 1. The summed E-state index contributed by atoms with van der Waals surface area (Å²) in [5, 5.41) is 11.8. The highest BCUT2D eigenvalue weighted by molar-refractivity contribution is 5.92. The largest absolute Gasteiger partial charge is 0.497 e. The Labute approximate surface area is 123 Å². The topological polar surface area (TPSA) is 75.6 Å². The Balaban J connectivity index is 1.86. The molecule has 0 radical (unpaired) electrons. The van der Waals surface area contributed by atoms with E-state index in [0.717, 1.165) is 17.7 Å². The van der Waals surface area contributed by atoms with E-state index in [9.17, 15) is 14.7 Å². The van der Waals surface area contributed by atoms with Crippen LogP contribution in [0.2, 0.25) is 0 Å². The fourth-order valence-corrected chi connectivity index (χ4v) is 2.27. The van der Waals surface area contributed by atoms with Gasteiger partial charge in [0.1, 0.15) is 5.75 Å². The fourth-order valence-electron chi connectivity index (χ4n) is 2.27. The Morgan fingerprint density at radius 1 is 1.33 bits per heavy atom. The first-order chi connectivity index (χ1) is 10.1. The van der Waals surface area contributed by atoms with Crippen LogP contribution in [-0.4, -0.2) is 30.6 Å². The van der Waals surface area contributed by atoms with Gasteiger partial charge in [-0.1, -0.05) is 18.6 Å². The summed E-state index contributed by atoms with van der Waals surface area (Å²) in [4.78, 5) is 22.9. The van der Waals surface area contributed by atoms with Crippen molar-refractivity contribution < 1.29 is 19.4 Å². The van der Waals surface area contributed by atoms with Crippen LogP contribution in [0.25, 0.3) is 6.08 Å². The van der Waals surface area contributed by atoms with Gasteiger partial charge in [-0.05, 0) is 36.6 Å². The molecule has 0 bridgehead atoms. The highest BCUT2D eigenvalue weighted by Crippen LogP contribution is 2.40. The second-order valence-corrected chi connectivity index (χ2v) is 5.26. The smallest absolute Gasteiger partial charge is 0.311 e. The van der Waals surface area contributed by atoms with Gasteiger partial charge in [-0.3, -0.25) is 9.59 Å². The standard InChI is InChI=1S/C16H19NO4/c1-21-13-6-3-12(4-7-13)5-8-14(18)17-11-16(15(19)20)9-2-10-16/h3-8H,2,9-11H2,1H3,(H,17,18)(H,19,20)/b8-5+. The molecule has 1 aliphatic carbocycles. The van der Waals surface area contributed by atoms with Crippen molar-refractivity contribution in [1.82, 2.24) is 5.32 Å². The van der Waals surface area contributed by atoms with Gasteiger partial charge in [0, 0.05) is 12.6 Å². The molecule has 2 rings (SSSR count). The van der Waals surface area contributed by atoms with Crippen molar-refractivity contribution in [3.05, 3.63) is 35.9 Å². The number of hydrogen-bond acceptors (Lipinski definition) is 3. The second-order valence-electron chi connectivity index (χ2n) is 5.26. The molecule has 2 N–H and O–H groups in total. The van der Waals surface area contributed by atoms with Crippen molar-refractivity contribution in [2.24, 2.45) is 5.41 Å². The second kappa shape index (κ2) is 6.43. The van der Waals surface area contributed by atoms with Crippen molar-refractivity contribution in [2.45, 2.75) is 19.3 Å². The van der Waals surface area contributed by atoms with E-state index >= 15 is 0 Å². The third-order valence-corrected chi connectivity index (χ3v) is 3.91. The Morgan fingerprint density at radius 3 is 2.48 bits per heavy atom. The highest BCUT2D eigenvalue weighted by Gasteiger charge is 2.44. The van der Waals surface area contributed by atoms with E-state index in [1.165, 1.54) is 6.08 Å². The number of methoxy groups -OCH3 is 1. The summed E-state index contributed by atoms with van der Waals surface area (Å²) in [6, 6.07) is 7.30. The molecule has 0 saturated heterocycles. The van der Waals surface area contributed by atoms with E-state index in [1.54, 1.807) is 13.2 Å². The fraction of sp³-hybridized carbons (Fsp3) is 0.375. The van der Waals surface area contributed by atoms with Crippen LogP contribution in [0.3, 0.4) is 0 Å². The molecule has 112 valence electrons. The lowest BCUT2D eigenvalue weighted by Gasteiger charge is -2.37. The molecule has 0 spiro atoms. The predicted molar refractivity (Wildman–Crippen MR) is 79.0 cm³/mol. The maximum atomic E-state index is 11.7. The van der Waals surface area contributed by atoms with Crippen molar-refractivity contribution >= 4 is 18.0 Å². The SMILES string of the molecule is COc1ccc(/C=C/C(=O)NCC2(C(=O)O)CCC2)cc1. The van der Waals surface area contributed by atoms with Crippen LogP contribution in [0.15, 0.2) is 30.3 Å². The molecule has 0 aliphatic heterocycles. The van der Waals surface area contributed by atoms with E-state index < -0.39 is 11.4 Å². The number of ether oxygens (including phenoxy) is 1. The molecule has 21 heavy (non-hydrogen) atoms.